The van der Waals surface area contributed by atoms with Crippen molar-refractivity contribution in [2.45, 2.75) is 5.03 Å². The van der Waals surface area contributed by atoms with Gasteiger partial charge in [0.25, 0.3) is 0 Å². The van der Waals surface area contributed by atoms with Crippen molar-refractivity contribution in [1.82, 2.24) is 15.7 Å². The van der Waals surface area contributed by atoms with E-state index in [0.717, 1.165) is 0 Å². The van der Waals surface area contributed by atoms with Crippen molar-refractivity contribution in [3.05, 3.63) is 18.3 Å². The van der Waals surface area contributed by atoms with Crippen molar-refractivity contribution in [3.63, 3.8) is 0 Å². The maximum absolute atomic E-state index is 11.0. The van der Waals surface area contributed by atoms with E-state index >= 15 is 0 Å². The first-order chi connectivity index (χ1) is 5.67. The van der Waals surface area contributed by atoms with Crippen molar-refractivity contribution in [1.29, 1.82) is 0 Å². The Morgan fingerprint density at radius 1 is 1.58 bits per heavy atom. The van der Waals surface area contributed by atoms with Crippen LogP contribution in [-0.4, -0.2) is 25.7 Å². The van der Waals surface area contributed by atoms with Crippen LogP contribution >= 0.6 is 0 Å². The summed E-state index contributed by atoms with van der Waals surface area (Å²) in [7, 11) is -2.45. The van der Waals surface area contributed by atoms with Crippen LogP contribution in [0.15, 0.2) is 23.4 Å². The molecule has 0 aliphatic rings. The number of aromatic nitrogens is 2. The molecule has 1 N–H and O–H groups in total. The molecule has 0 bridgehead atoms. The Kier molecular flexibility index (Phi) is 2.69. The van der Waals surface area contributed by atoms with E-state index in [-0.39, 0.29) is 5.03 Å². The molecule has 0 aliphatic carbocycles. The molecule has 12 heavy (non-hydrogen) atoms. The predicted octanol–water partition coefficient (Wildman–Crippen LogP) is -0.684. The van der Waals surface area contributed by atoms with E-state index in [9.17, 15) is 8.42 Å². The lowest BCUT2D eigenvalue weighted by molar-refractivity contribution is 0.230. The van der Waals surface area contributed by atoms with Gasteiger partial charge in [-0.05, 0) is 12.1 Å². The zero-order chi connectivity index (χ0) is 9.03. The molecule has 0 spiro atoms. The summed E-state index contributed by atoms with van der Waals surface area (Å²) in [6, 6.07) is 2.75. The average Bonchev–Trinajstić information content (AvgIpc) is 2.06. The lowest BCUT2D eigenvalue weighted by Gasteiger charge is -1.99. The minimum atomic E-state index is -3.80. The Labute approximate surface area is 69.7 Å². The minimum absolute atomic E-state index is 0.223. The molecule has 0 fully saturated rings. The minimum Gasteiger partial charge on any atom is -0.191 e. The van der Waals surface area contributed by atoms with E-state index in [4.69, 9.17) is 0 Å². The molecule has 66 valence electrons. The monoisotopic (exact) mass is 189 g/mol. The molecular formula is C5H7N3O3S. The zero-order valence-corrected chi connectivity index (χ0v) is 7.08. The SMILES string of the molecule is CNOS(=O)(=O)c1cccnn1. The lowest BCUT2D eigenvalue weighted by Crippen LogP contribution is -2.17. The second-order valence-electron chi connectivity index (χ2n) is 1.80. The van der Waals surface area contributed by atoms with Crippen LogP contribution in [0.25, 0.3) is 0 Å². The maximum Gasteiger partial charge on any atom is 0.332 e. The van der Waals surface area contributed by atoms with Gasteiger partial charge in [0.1, 0.15) is 0 Å². The third-order valence-corrected chi connectivity index (χ3v) is 2.11. The number of hydrogen-bond donors (Lipinski definition) is 1. The highest BCUT2D eigenvalue weighted by atomic mass is 32.2. The molecule has 0 radical (unpaired) electrons. The largest absolute Gasteiger partial charge is 0.332 e. The highest BCUT2D eigenvalue weighted by Crippen LogP contribution is 2.03. The van der Waals surface area contributed by atoms with Gasteiger partial charge in [-0.3, -0.25) is 0 Å². The van der Waals surface area contributed by atoms with Crippen LogP contribution < -0.4 is 5.48 Å². The predicted molar refractivity (Wildman–Crippen MR) is 39.4 cm³/mol. The van der Waals surface area contributed by atoms with Crippen molar-refractivity contribution in [2.75, 3.05) is 7.05 Å². The Balaban J connectivity index is 2.99. The summed E-state index contributed by atoms with van der Waals surface area (Å²) in [5.41, 5.74) is 2.05. The molecule has 0 unspecified atom stereocenters. The van der Waals surface area contributed by atoms with Gasteiger partial charge in [-0.25, -0.2) is 0 Å². The van der Waals surface area contributed by atoms with Crippen LogP contribution in [0.3, 0.4) is 0 Å². The van der Waals surface area contributed by atoms with Gasteiger partial charge >= 0.3 is 10.1 Å². The van der Waals surface area contributed by atoms with Gasteiger partial charge in [-0.1, -0.05) is 0 Å². The van der Waals surface area contributed by atoms with E-state index in [2.05, 4.69) is 20.0 Å². The Morgan fingerprint density at radius 3 is 2.83 bits per heavy atom. The van der Waals surface area contributed by atoms with Crippen molar-refractivity contribution in [3.8, 4) is 0 Å². The van der Waals surface area contributed by atoms with Gasteiger partial charge in [0, 0.05) is 13.2 Å². The summed E-state index contributed by atoms with van der Waals surface area (Å²) < 4.78 is 26.3. The van der Waals surface area contributed by atoms with Gasteiger partial charge in [0.2, 0.25) is 5.03 Å². The number of nitrogens with one attached hydrogen (secondary N) is 1. The number of rotatable bonds is 3. The van der Waals surface area contributed by atoms with Crippen LogP contribution in [0.2, 0.25) is 0 Å². The second kappa shape index (κ2) is 3.57. The first-order valence-electron chi connectivity index (χ1n) is 3.05. The second-order valence-corrected chi connectivity index (χ2v) is 3.30. The summed E-state index contributed by atoms with van der Waals surface area (Å²) in [5, 5.41) is 6.54. The van der Waals surface area contributed by atoms with E-state index in [1.54, 1.807) is 0 Å². The fourth-order valence-electron chi connectivity index (χ4n) is 0.573. The highest BCUT2D eigenvalue weighted by molar-refractivity contribution is 7.86. The highest BCUT2D eigenvalue weighted by Gasteiger charge is 2.15. The summed E-state index contributed by atoms with van der Waals surface area (Å²) in [6.07, 6.45) is 1.37. The lowest BCUT2D eigenvalue weighted by atomic mass is 10.6. The first kappa shape index (κ1) is 9.04. The quantitative estimate of drug-likeness (QED) is 0.634. The average molecular weight is 189 g/mol. The molecule has 6 nitrogen and oxygen atoms in total. The number of hydrogen-bond acceptors (Lipinski definition) is 6. The summed E-state index contributed by atoms with van der Waals surface area (Å²) in [4.78, 5) is 0. The van der Waals surface area contributed by atoms with Crippen molar-refractivity contribution < 1.29 is 12.7 Å². The van der Waals surface area contributed by atoms with E-state index < -0.39 is 10.1 Å². The van der Waals surface area contributed by atoms with E-state index in [1.807, 2.05) is 0 Å². The molecule has 0 saturated carbocycles. The van der Waals surface area contributed by atoms with Crippen molar-refractivity contribution >= 4 is 10.1 Å². The topological polar surface area (TPSA) is 81.2 Å². The molecule has 0 atom stereocenters. The van der Waals surface area contributed by atoms with Crippen LogP contribution in [-0.2, 0) is 14.4 Å². The van der Waals surface area contributed by atoms with Crippen LogP contribution in [0.4, 0.5) is 0 Å². The normalized spacial score (nSPS) is 11.4. The van der Waals surface area contributed by atoms with E-state index in [0.29, 0.717) is 0 Å². The standard InChI is InChI=1S/C5H7N3O3S/c1-6-11-12(9,10)5-3-2-4-7-8-5/h2-4,6H,1H3. The van der Waals surface area contributed by atoms with E-state index in [1.165, 1.54) is 25.4 Å². The zero-order valence-electron chi connectivity index (χ0n) is 6.26. The maximum atomic E-state index is 11.0. The van der Waals surface area contributed by atoms with Crippen LogP contribution in [0.1, 0.15) is 0 Å². The molecule has 1 heterocycles. The van der Waals surface area contributed by atoms with Gasteiger partial charge in [-0.2, -0.15) is 23.3 Å². The Bertz CT molecular complexity index is 336. The molecule has 1 aromatic rings. The molecule has 0 aromatic carbocycles. The Hall–Kier alpha value is -1.05. The smallest absolute Gasteiger partial charge is 0.191 e. The van der Waals surface area contributed by atoms with Crippen molar-refractivity contribution in [2.24, 2.45) is 0 Å². The molecule has 1 rings (SSSR count). The number of nitrogens with zero attached hydrogens (tertiary/aromatic N) is 2. The molecule has 1 aromatic heterocycles. The fourth-order valence-corrected chi connectivity index (χ4v) is 1.27. The van der Waals surface area contributed by atoms with Crippen LogP contribution in [0.5, 0.6) is 0 Å². The molecular weight excluding hydrogens is 182 g/mol. The van der Waals surface area contributed by atoms with Gasteiger partial charge < -0.3 is 0 Å². The summed E-state index contributed by atoms with van der Waals surface area (Å²) >= 11 is 0. The van der Waals surface area contributed by atoms with Gasteiger partial charge in [0.15, 0.2) is 0 Å². The molecule has 7 heteroatoms. The summed E-state index contributed by atoms with van der Waals surface area (Å²) in [6.45, 7) is 0. The third-order valence-electron chi connectivity index (χ3n) is 0.997. The fraction of sp³-hybridized carbons (Fsp3) is 0.200. The summed E-state index contributed by atoms with van der Waals surface area (Å²) in [5.74, 6) is 0. The number of hydroxylamine groups is 1. The van der Waals surface area contributed by atoms with Crippen LogP contribution in [0, 0.1) is 0 Å². The van der Waals surface area contributed by atoms with Gasteiger partial charge in [0.05, 0.1) is 0 Å². The van der Waals surface area contributed by atoms with Gasteiger partial charge in [-0.15, -0.1) is 5.10 Å². The molecule has 0 saturated heterocycles. The molecule has 0 aliphatic heterocycles. The first-order valence-corrected chi connectivity index (χ1v) is 4.45. The molecule has 0 amide bonds. The third kappa shape index (κ3) is 1.97. The Morgan fingerprint density at radius 2 is 2.33 bits per heavy atom.